The van der Waals surface area contributed by atoms with E-state index >= 15 is 0 Å². The number of fused-ring (bicyclic) bond motifs is 1. The summed E-state index contributed by atoms with van der Waals surface area (Å²) in [4.78, 5) is 26.4. The second kappa shape index (κ2) is 7.13. The predicted molar refractivity (Wildman–Crippen MR) is 90.3 cm³/mol. The van der Waals surface area contributed by atoms with Crippen LogP contribution in [0.15, 0.2) is 24.3 Å². The van der Waals surface area contributed by atoms with Crippen molar-refractivity contribution in [2.75, 3.05) is 16.8 Å². The summed E-state index contributed by atoms with van der Waals surface area (Å²) in [5.41, 5.74) is 1.52. The number of rotatable bonds is 3. The normalized spacial score (nSPS) is 20.4. The zero-order valence-corrected chi connectivity index (χ0v) is 13.8. The molecule has 1 aliphatic heterocycles. The second-order valence-electron chi connectivity index (χ2n) is 6.72. The van der Waals surface area contributed by atoms with Gasteiger partial charge in [-0.05, 0) is 44.7 Å². The number of hydrogen-bond donors (Lipinski definition) is 2. The molecule has 1 saturated carbocycles. The molecule has 3 N–H and O–H groups in total. The Bertz CT molecular complexity index is 579. The maximum atomic E-state index is 12.9. The summed E-state index contributed by atoms with van der Waals surface area (Å²) in [6, 6.07) is 7.88. The van der Waals surface area contributed by atoms with Crippen molar-refractivity contribution in [3.63, 3.8) is 0 Å². The van der Waals surface area contributed by atoms with E-state index in [2.05, 4.69) is 10.6 Å². The molecule has 2 aliphatic rings. The number of quaternary nitrogens is 1. The van der Waals surface area contributed by atoms with Crippen LogP contribution in [0.4, 0.5) is 11.4 Å². The molecule has 1 aromatic carbocycles. The van der Waals surface area contributed by atoms with Gasteiger partial charge in [-0.2, -0.15) is 0 Å². The van der Waals surface area contributed by atoms with Crippen molar-refractivity contribution < 1.29 is 14.9 Å². The number of carbonyl (C=O) groups is 2. The zero-order chi connectivity index (χ0) is 16.2. The highest BCUT2D eigenvalue weighted by molar-refractivity contribution is 6.10. The van der Waals surface area contributed by atoms with Crippen LogP contribution in [0.1, 0.15) is 45.4 Å². The Balaban J connectivity index is 1.70. The summed E-state index contributed by atoms with van der Waals surface area (Å²) in [6.45, 7) is 2.07. The minimum absolute atomic E-state index is 0.0246. The molecule has 1 aliphatic carbocycles. The van der Waals surface area contributed by atoms with Gasteiger partial charge in [-0.1, -0.05) is 25.0 Å². The van der Waals surface area contributed by atoms with Crippen molar-refractivity contribution in [3.05, 3.63) is 24.3 Å². The third-order valence-corrected chi connectivity index (χ3v) is 4.89. The highest BCUT2D eigenvalue weighted by Gasteiger charge is 2.32. The van der Waals surface area contributed by atoms with Crippen molar-refractivity contribution >= 4 is 23.2 Å². The van der Waals surface area contributed by atoms with Crippen molar-refractivity contribution in [3.8, 4) is 0 Å². The van der Waals surface area contributed by atoms with Crippen molar-refractivity contribution in [1.29, 1.82) is 0 Å². The van der Waals surface area contributed by atoms with Gasteiger partial charge in [-0.3, -0.25) is 14.5 Å². The topological polar surface area (TPSA) is 66.0 Å². The number of nitrogens with one attached hydrogen (secondary N) is 1. The van der Waals surface area contributed by atoms with Crippen LogP contribution in [-0.2, 0) is 9.59 Å². The first-order valence-electron chi connectivity index (χ1n) is 8.70. The number of para-hydroxylation sites is 2. The average molecular weight is 316 g/mol. The van der Waals surface area contributed by atoms with Crippen LogP contribution in [0, 0.1) is 0 Å². The molecule has 1 heterocycles. The van der Waals surface area contributed by atoms with Crippen LogP contribution in [0.3, 0.4) is 0 Å². The predicted octanol–water partition coefficient (Wildman–Crippen LogP) is 1.65. The van der Waals surface area contributed by atoms with Gasteiger partial charge in [0.05, 0.1) is 17.4 Å². The summed E-state index contributed by atoms with van der Waals surface area (Å²) in [6.07, 6.45) is 7.52. The Kier molecular flexibility index (Phi) is 4.96. The minimum atomic E-state index is -0.156. The largest absolute Gasteiger partial charge is 0.334 e. The third kappa shape index (κ3) is 3.72. The van der Waals surface area contributed by atoms with Crippen LogP contribution in [0.25, 0.3) is 0 Å². The van der Waals surface area contributed by atoms with Crippen LogP contribution >= 0.6 is 0 Å². The fourth-order valence-electron chi connectivity index (χ4n) is 3.67. The number of amides is 2. The highest BCUT2D eigenvalue weighted by Crippen LogP contribution is 2.29. The molecule has 0 unspecified atom stereocenters. The molecule has 0 saturated heterocycles. The molecule has 0 spiro atoms. The SMILES string of the molecule is C[C@H]([NH2+]C1CCCCCC1)C(=O)N1CC(=O)Nc2ccccc21. The molecule has 0 bridgehead atoms. The van der Waals surface area contributed by atoms with Crippen molar-refractivity contribution in [1.82, 2.24) is 0 Å². The lowest BCUT2D eigenvalue weighted by atomic mass is 10.1. The number of nitrogens with zero attached hydrogens (tertiary/aromatic N) is 1. The fraction of sp³-hybridized carbons (Fsp3) is 0.556. The number of carbonyl (C=O) groups excluding carboxylic acids is 2. The lowest BCUT2D eigenvalue weighted by molar-refractivity contribution is -0.707. The number of hydrogen-bond acceptors (Lipinski definition) is 2. The minimum Gasteiger partial charge on any atom is -0.334 e. The fourth-order valence-corrected chi connectivity index (χ4v) is 3.67. The van der Waals surface area contributed by atoms with Crippen LogP contribution in [0.5, 0.6) is 0 Å². The van der Waals surface area contributed by atoms with E-state index in [9.17, 15) is 9.59 Å². The molecule has 0 radical (unpaired) electrons. The van der Waals surface area contributed by atoms with Gasteiger partial charge in [0.25, 0.3) is 5.91 Å². The van der Waals surface area contributed by atoms with Gasteiger partial charge >= 0.3 is 0 Å². The maximum Gasteiger partial charge on any atom is 0.285 e. The van der Waals surface area contributed by atoms with Crippen LogP contribution in [-0.4, -0.2) is 30.4 Å². The molecule has 5 heteroatoms. The number of nitrogens with two attached hydrogens (primary N) is 1. The molecular weight excluding hydrogens is 290 g/mol. The molecule has 1 fully saturated rings. The van der Waals surface area contributed by atoms with Gasteiger partial charge in [-0.25, -0.2) is 0 Å². The lowest BCUT2D eigenvalue weighted by Crippen LogP contribution is -2.96. The number of anilines is 2. The molecule has 2 amide bonds. The standard InChI is InChI=1S/C18H25N3O2/c1-13(19-14-8-4-2-3-5-9-14)18(23)21-12-17(22)20-15-10-6-7-11-16(15)21/h6-7,10-11,13-14,19H,2-5,8-9,12H2,1H3,(H,20,22)/p+1/t13-/m0/s1. The van der Waals surface area contributed by atoms with Gasteiger partial charge in [0.1, 0.15) is 6.54 Å². The summed E-state index contributed by atoms with van der Waals surface area (Å²) >= 11 is 0. The van der Waals surface area contributed by atoms with Gasteiger partial charge in [0, 0.05) is 0 Å². The summed E-state index contributed by atoms with van der Waals surface area (Å²) in [5.74, 6) is -0.102. The summed E-state index contributed by atoms with van der Waals surface area (Å²) in [7, 11) is 0. The van der Waals surface area contributed by atoms with E-state index in [4.69, 9.17) is 0 Å². The first kappa shape index (κ1) is 16.0. The van der Waals surface area contributed by atoms with E-state index in [1.807, 2.05) is 31.2 Å². The van der Waals surface area contributed by atoms with E-state index in [0.717, 1.165) is 11.4 Å². The Morgan fingerprint density at radius 3 is 2.65 bits per heavy atom. The molecule has 0 aromatic heterocycles. The van der Waals surface area contributed by atoms with E-state index in [1.165, 1.54) is 38.5 Å². The third-order valence-electron chi connectivity index (χ3n) is 4.89. The monoisotopic (exact) mass is 316 g/mol. The molecule has 1 aromatic rings. The Morgan fingerprint density at radius 1 is 1.22 bits per heavy atom. The highest BCUT2D eigenvalue weighted by atomic mass is 16.2. The molecule has 124 valence electrons. The molecule has 1 atom stereocenters. The van der Waals surface area contributed by atoms with Crippen molar-refractivity contribution in [2.45, 2.75) is 57.5 Å². The van der Waals surface area contributed by atoms with Gasteiger partial charge in [0.2, 0.25) is 5.91 Å². The van der Waals surface area contributed by atoms with Gasteiger partial charge in [-0.15, -0.1) is 0 Å². The summed E-state index contributed by atoms with van der Waals surface area (Å²) < 4.78 is 0. The van der Waals surface area contributed by atoms with E-state index in [0.29, 0.717) is 6.04 Å². The Labute approximate surface area is 137 Å². The molecule has 5 nitrogen and oxygen atoms in total. The maximum absolute atomic E-state index is 12.9. The first-order valence-corrected chi connectivity index (χ1v) is 8.70. The quantitative estimate of drug-likeness (QED) is 0.833. The smallest absolute Gasteiger partial charge is 0.285 e. The van der Waals surface area contributed by atoms with Crippen molar-refractivity contribution in [2.24, 2.45) is 0 Å². The summed E-state index contributed by atoms with van der Waals surface area (Å²) in [5, 5.41) is 5.04. The van der Waals surface area contributed by atoms with Gasteiger partial charge < -0.3 is 10.6 Å². The van der Waals surface area contributed by atoms with E-state index < -0.39 is 0 Å². The average Bonchev–Trinajstić information content (AvgIpc) is 2.82. The molecular formula is C18H26N3O2+. The molecule has 23 heavy (non-hydrogen) atoms. The Hall–Kier alpha value is -1.88. The molecule has 3 rings (SSSR count). The first-order chi connectivity index (χ1) is 11.1. The van der Waals surface area contributed by atoms with Crippen LogP contribution in [0.2, 0.25) is 0 Å². The number of benzene rings is 1. The van der Waals surface area contributed by atoms with Gasteiger partial charge in [0.15, 0.2) is 6.04 Å². The lowest BCUT2D eigenvalue weighted by Gasteiger charge is -2.31. The van der Waals surface area contributed by atoms with Crippen LogP contribution < -0.4 is 15.5 Å². The second-order valence-corrected chi connectivity index (χ2v) is 6.72. The van der Waals surface area contributed by atoms with E-state index in [1.54, 1.807) is 4.90 Å². The zero-order valence-electron chi connectivity index (χ0n) is 13.8. The Morgan fingerprint density at radius 2 is 1.91 bits per heavy atom. The van der Waals surface area contributed by atoms with E-state index in [-0.39, 0.29) is 24.4 Å².